The average molecular weight is 307 g/mol. The standard InChI is InChI=1S/C16H22FN3O2/c1-11-8-14(12-4-2-5-13(17)9-12)20(10-11)7-3-6-15(21)19-16(18)22/h2,4-5,9,11,14H,3,6-8,10H2,1H3,(H3,18,19,21,22)/t11-,14+/m1/s1. The number of imide groups is 1. The van der Waals surface area contributed by atoms with Crippen molar-refractivity contribution in [3.63, 3.8) is 0 Å². The summed E-state index contributed by atoms with van der Waals surface area (Å²) in [6.45, 7) is 3.84. The number of nitrogens with zero attached hydrogens (tertiary/aromatic N) is 1. The molecule has 1 heterocycles. The first-order valence-electron chi connectivity index (χ1n) is 7.54. The third-order valence-electron chi connectivity index (χ3n) is 3.96. The van der Waals surface area contributed by atoms with E-state index in [1.54, 1.807) is 12.1 Å². The molecule has 1 saturated heterocycles. The monoisotopic (exact) mass is 307 g/mol. The quantitative estimate of drug-likeness (QED) is 0.875. The van der Waals surface area contributed by atoms with Gasteiger partial charge in [-0.1, -0.05) is 19.1 Å². The lowest BCUT2D eigenvalue weighted by Crippen LogP contribution is -2.35. The van der Waals surface area contributed by atoms with Crippen LogP contribution in [0.5, 0.6) is 0 Å². The Balaban J connectivity index is 1.91. The first-order valence-corrected chi connectivity index (χ1v) is 7.54. The molecule has 6 heteroatoms. The van der Waals surface area contributed by atoms with Gasteiger partial charge in [-0.25, -0.2) is 9.18 Å². The Morgan fingerprint density at radius 2 is 2.23 bits per heavy atom. The van der Waals surface area contributed by atoms with Crippen molar-refractivity contribution in [3.05, 3.63) is 35.6 Å². The van der Waals surface area contributed by atoms with Gasteiger partial charge in [0.25, 0.3) is 0 Å². The highest BCUT2D eigenvalue weighted by Crippen LogP contribution is 2.35. The Morgan fingerprint density at radius 1 is 1.45 bits per heavy atom. The molecule has 0 aliphatic carbocycles. The summed E-state index contributed by atoms with van der Waals surface area (Å²) in [5.41, 5.74) is 5.88. The van der Waals surface area contributed by atoms with Crippen LogP contribution in [0.25, 0.3) is 0 Å². The number of hydrogen-bond donors (Lipinski definition) is 2. The first-order chi connectivity index (χ1) is 10.5. The van der Waals surface area contributed by atoms with E-state index in [2.05, 4.69) is 17.1 Å². The molecule has 22 heavy (non-hydrogen) atoms. The number of carbonyl (C=O) groups excluding carboxylic acids is 2. The summed E-state index contributed by atoms with van der Waals surface area (Å²) >= 11 is 0. The second-order valence-electron chi connectivity index (χ2n) is 5.92. The minimum Gasteiger partial charge on any atom is -0.351 e. The molecule has 1 aliphatic heterocycles. The summed E-state index contributed by atoms with van der Waals surface area (Å²) in [6, 6.07) is 6.06. The predicted molar refractivity (Wildman–Crippen MR) is 81.5 cm³/mol. The Morgan fingerprint density at radius 3 is 2.91 bits per heavy atom. The van der Waals surface area contributed by atoms with Crippen LogP contribution in [-0.2, 0) is 4.79 Å². The summed E-state index contributed by atoms with van der Waals surface area (Å²) in [6.07, 6.45) is 1.87. The topological polar surface area (TPSA) is 75.4 Å². The number of urea groups is 1. The molecular formula is C16H22FN3O2. The number of carbonyl (C=O) groups is 2. The van der Waals surface area contributed by atoms with Gasteiger partial charge in [-0.15, -0.1) is 0 Å². The van der Waals surface area contributed by atoms with E-state index in [0.717, 1.165) is 25.1 Å². The number of likely N-dealkylation sites (tertiary alicyclic amines) is 1. The maximum absolute atomic E-state index is 13.4. The molecule has 1 aromatic carbocycles. The van der Waals surface area contributed by atoms with E-state index in [4.69, 9.17) is 5.73 Å². The minimum atomic E-state index is -0.822. The van der Waals surface area contributed by atoms with Crippen LogP contribution >= 0.6 is 0 Å². The SMILES string of the molecule is C[C@@H]1C[C@@H](c2cccc(F)c2)N(CCCC(=O)NC(N)=O)C1. The Bertz CT molecular complexity index is 550. The number of rotatable bonds is 5. The molecule has 3 N–H and O–H groups in total. The molecule has 0 saturated carbocycles. The minimum absolute atomic E-state index is 0.185. The lowest BCUT2D eigenvalue weighted by molar-refractivity contribution is -0.120. The van der Waals surface area contributed by atoms with Crippen LogP contribution in [0.2, 0.25) is 0 Å². The van der Waals surface area contributed by atoms with Crippen LogP contribution in [0, 0.1) is 11.7 Å². The fourth-order valence-electron chi connectivity index (χ4n) is 3.08. The zero-order chi connectivity index (χ0) is 16.1. The Hall–Kier alpha value is -1.95. The van der Waals surface area contributed by atoms with E-state index >= 15 is 0 Å². The largest absolute Gasteiger partial charge is 0.351 e. The van der Waals surface area contributed by atoms with Gasteiger partial charge in [-0.3, -0.25) is 15.0 Å². The van der Waals surface area contributed by atoms with Crippen molar-refractivity contribution in [1.82, 2.24) is 10.2 Å². The lowest BCUT2D eigenvalue weighted by atomic mass is 10.0. The molecule has 1 aromatic rings. The van der Waals surface area contributed by atoms with Gasteiger partial charge in [-0.2, -0.15) is 0 Å². The van der Waals surface area contributed by atoms with E-state index in [9.17, 15) is 14.0 Å². The number of nitrogens with one attached hydrogen (secondary N) is 1. The van der Waals surface area contributed by atoms with E-state index in [1.807, 2.05) is 6.07 Å². The van der Waals surface area contributed by atoms with Crippen molar-refractivity contribution in [2.75, 3.05) is 13.1 Å². The number of amides is 3. The smallest absolute Gasteiger partial charge is 0.318 e. The van der Waals surface area contributed by atoms with Crippen molar-refractivity contribution in [3.8, 4) is 0 Å². The number of nitrogens with two attached hydrogens (primary N) is 1. The Kier molecular flexibility index (Phi) is 5.49. The molecule has 0 radical (unpaired) electrons. The number of hydrogen-bond acceptors (Lipinski definition) is 3. The summed E-state index contributed by atoms with van der Waals surface area (Å²) in [4.78, 5) is 24.3. The van der Waals surface area contributed by atoms with Gasteiger partial charge in [0.1, 0.15) is 5.82 Å². The van der Waals surface area contributed by atoms with Crippen LogP contribution in [0.15, 0.2) is 24.3 Å². The number of halogens is 1. The van der Waals surface area contributed by atoms with E-state index in [-0.39, 0.29) is 24.2 Å². The van der Waals surface area contributed by atoms with Gasteiger partial charge in [0.15, 0.2) is 0 Å². The van der Waals surface area contributed by atoms with Crippen LogP contribution in [0.1, 0.15) is 37.8 Å². The van der Waals surface area contributed by atoms with Crippen molar-refractivity contribution in [1.29, 1.82) is 0 Å². The van der Waals surface area contributed by atoms with E-state index in [0.29, 0.717) is 12.3 Å². The third kappa shape index (κ3) is 4.53. The molecule has 0 bridgehead atoms. The fraction of sp³-hybridized carbons (Fsp3) is 0.500. The third-order valence-corrected chi connectivity index (χ3v) is 3.96. The van der Waals surface area contributed by atoms with Gasteiger partial charge in [0.05, 0.1) is 0 Å². The predicted octanol–water partition coefficient (Wildman–Crippen LogP) is 2.18. The first kappa shape index (κ1) is 16.4. The van der Waals surface area contributed by atoms with Crippen molar-refractivity contribution in [2.45, 2.75) is 32.2 Å². The summed E-state index contributed by atoms with van der Waals surface area (Å²) < 4.78 is 13.4. The maximum Gasteiger partial charge on any atom is 0.318 e. The zero-order valence-electron chi connectivity index (χ0n) is 12.7. The van der Waals surface area contributed by atoms with Crippen molar-refractivity contribution < 1.29 is 14.0 Å². The van der Waals surface area contributed by atoms with Gasteiger partial charge >= 0.3 is 6.03 Å². The normalized spacial score (nSPS) is 21.7. The molecule has 2 rings (SSSR count). The number of benzene rings is 1. The molecule has 0 unspecified atom stereocenters. The molecule has 5 nitrogen and oxygen atoms in total. The van der Waals surface area contributed by atoms with Gasteiger partial charge in [0, 0.05) is 19.0 Å². The molecule has 3 amide bonds. The zero-order valence-corrected chi connectivity index (χ0v) is 12.7. The van der Waals surface area contributed by atoms with E-state index < -0.39 is 6.03 Å². The van der Waals surface area contributed by atoms with Gasteiger partial charge in [0.2, 0.25) is 5.91 Å². The van der Waals surface area contributed by atoms with Gasteiger partial charge < -0.3 is 5.73 Å². The summed E-state index contributed by atoms with van der Waals surface area (Å²) in [7, 11) is 0. The molecule has 1 aliphatic rings. The molecule has 1 fully saturated rings. The highest BCUT2D eigenvalue weighted by atomic mass is 19.1. The summed E-state index contributed by atoms with van der Waals surface area (Å²) in [5.74, 6) is -0.0485. The number of primary amides is 1. The molecule has 120 valence electrons. The lowest BCUT2D eigenvalue weighted by Gasteiger charge is -2.24. The Labute approximate surface area is 129 Å². The highest BCUT2D eigenvalue weighted by molar-refractivity contribution is 5.93. The summed E-state index contributed by atoms with van der Waals surface area (Å²) in [5, 5.41) is 2.06. The maximum atomic E-state index is 13.4. The van der Waals surface area contributed by atoms with E-state index in [1.165, 1.54) is 6.07 Å². The second-order valence-corrected chi connectivity index (χ2v) is 5.92. The molecule has 0 aromatic heterocycles. The highest BCUT2D eigenvalue weighted by Gasteiger charge is 2.30. The molecular weight excluding hydrogens is 285 g/mol. The molecule has 2 atom stereocenters. The second kappa shape index (κ2) is 7.35. The average Bonchev–Trinajstić information content (AvgIpc) is 2.79. The van der Waals surface area contributed by atoms with Crippen LogP contribution in [-0.4, -0.2) is 29.9 Å². The van der Waals surface area contributed by atoms with Crippen molar-refractivity contribution in [2.24, 2.45) is 11.7 Å². The fourth-order valence-corrected chi connectivity index (χ4v) is 3.08. The van der Waals surface area contributed by atoms with Crippen molar-refractivity contribution >= 4 is 11.9 Å². The molecule has 0 spiro atoms. The van der Waals surface area contributed by atoms with Gasteiger partial charge in [-0.05, 0) is 43.0 Å². The van der Waals surface area contributed by atoms with Crippen LogP contribution in [0.3, 0.4) is 0 Å². The van der Waals surface area contributed by atoms with Crippen LogP contribution < -0.4 is 11.1 Å². The van der Waals surface area contributed by atoms with Crippen LogP contribution in [0.4, 0.5) is 9.18 Å².